The maximum Gasteiger partial charge on any atom is 0.143 e. The summed E-state index contributed by atoms with van der Waals surface area (Å²) in [5.41, 5.74) is 12.3. The van der Waals surface area contributed by atoms with Crippen LogP contribution in [0, 0.1) is 0 Å². The molecule has 3 rings (SSSR count). The second-order valence-electron chi connectivity index (χ2n) is 4.51. The molecule has 1 aromatic heterocycles. The number of azide groups is 1. The SMILES string of the molecule is [N-]=[N+]=NCc1cc(-c2ccc(-c3ccccc3)cc2)no1. The Morgan fingerprint density at radius 2 is 1.62 bits per heavy atom. The van der Waals surface area contributed by atoms with Gasteiger partial charge in [-0.05, 0) is 16.7 Å². The van der Waals surface area contributed by atoms with Crippen LogP contribution in [-0.2, 0) is 6.54 Å². The predicted molar refractivity (Wildman–Crippen MR) is 80.2 cm³/mol. The van der Waals surface area contributed by atoms with E-state index < -0.39 is 0 Å². The Morgan fingerprint density at radius 3 is 2.33 bits per heavy atom. The second kappa shape index (κ2) is 5.94. The fraction of sp³-hybridized carbons (Fsp3) is 0.0625. The van der Waals surface area contributed by atoms with Crippen LogP contribution in [0.1, 0.15) is 5.76 Å². The van der Waals surface area contributed by atoms with Gasteiger partial charge in [-0.2, -0.15) is 0 Å². The number of benzene rings is 2. The number of hydrogen-bond acceptors (Lipinski definition) is 3. The molecule has 0 aliphatic carbocycles. The highest BCUT2D eigenvalue weighted by atomic mass is 16.5. The molecule has 5 nitrogen and oxygen atoms in total. The van der Waals surface area contributed by atoms with Gasteiger partial charge in [-0.15, -0.1) is 0 Å². The summed E-state index contributed by atoms with van der Waals surface area (Å²) in [6.07, 6.45) is 0. The van der Waals surface area contributed by atoms with Crippen LogP contribution in [0.5, 0.6) is 0 Å². The minimum absolute atomic E-state index is 0.172. The molecule has 3 aromatic rings. The van der Waals surface area contributed by atoms with Crippen molar-refractivity contribution in [3.8, 4) is 22.4 Å². The first-order valence-electron chi connectivity index (χ1n) is 6.49. The Bertz CT molecular complexity index is 772. The average Bonchev–Trinajstić information content (AvgIpc) is 3.03. The van der Waals surface area contributed by atoms with Crippen LogP contribution in [0.2, 0.25) is 0 Å². The Balaban J connectivity index is 1.84. The van der Waals surface area contributed by atoms with Crippen molar-refractivity contribution in [1.82, 2.24) is 5.16 Å². The second-order valence-corrected chi connectivity index (χ2v) is 4.51. The third-order valence-corrected chi connectivity index (χ3v) is 3.14. The molecule has 0 N–H and O–H groups in total. The lowest BCUT2D eigenvalue weighted by Crippen LogP contribution is -1.79. The maximum atomic E-state index is 8.29. The van der Waals surface area contributed by atoms with E-state index >= 15 is 0 Å². The highest BCUT2D eigenvalue weighted by molar-refractivity contribution is 5.68. The summed E-state index contributed by atoms with van der Waals surface area (Å²) in [6.45, 7) is 0.172. The zero-order valence-electron chi connectivity index (χ0n) is 11.2. The minimum atomic E-state index is 0.172. The molecule has 0 fully saturated rings. The third-order valence-electron chi connectivity index (χ3n) is 3.14. The van der Waals surface area contributed by atoms with Crippen molar-refractivity contribution in [3.63, 3.8) is 0 Å². The van der Waals surface area contributed by atoms with Crippen molar-refractivity contribution in [2.24, 2.45) is 5.11 Å². The van der Waals surface area contributed by atoms with Gasteiger partial charge in [-0.3, -0.25) is 0 Å². The van der Waals surface area contributed by atoms with Crippen molar-refractivity contribution in [1.29, 1.82) is 0 Å². The topological polar surface area (TPSA) is 74.8 Å². The molecule has 0 amide bonds. The van der Waals surface area contributed by atoms with E-state index in [4.69, 9.17) is 10.1 Å². The normalized spacial score (nSPS) is 10.1. The van der Waals surface area contributed by atoms with Gasteiger partial charge in [-0.25, -0.2) is 0 Å². The van der Waals surface area contributed by atoms with Crippen molar-refractivity contribution >= 4 is 0 Å². The lowest BCUT2D eigenvalue weighted by molar-refractivity contribution is 0.387. The standard InChI is InChI=1S/C16H12N4O/c17-20-18-11-15-10-16(19-21-15)14-8-6-13(7-9-14)12-4-2-1-3-5-12/h1-10H,11H2. The first-order valence-corrected chi connectivity index (χ1v) is 6.49. The number of rotatable bonds is 4. The quantitative estimate of drug-likeness (QED) is 0.389. The first kappa shape index (κ1) is 13.0. The molecule has 102 valence electrons. The van der Waals surface area contributed by atoms with E-state index in [1.165, 1.54) is 5.56 Å². The molecule has 2 aromatic carbocycles. The molecule has 0 unspecified atom stereocenters. The lowest BCUT2D eigenvalue weighted by atomic mass is 10.0. The van der Waals surface area contributed by atoms with Crippen LogP contribution < -0.4 is 0 Å². The van der Waals surface area contributed by atoms with Crippen molar-refractivity contribution < 1.29 is 4.52 Å². The van der Waals surface area contributed by atoms with Crippen LogP contribution >= 0.6 is 0 Å². The number of aromatic nitrogens is 1. The van der Waals surface area contributed by atoms with E-state index in [9.17, 15) is 0 Å². The van der Waals surface area contributed by atoms with Gasteiger partial charge in [-0.1, -0.05) is 64.9 Å². The number of hydrogen-bond donors (Lipinski definition) is 0. The van der Waals surface area contributed by atoms with E-state index in [2.05, 4.69) is 27.3 Å². The Labute approximate surface area is 121 Å². The highest BCUT2D eigenvalue weighted by Crippen LogP contribution is 2.24. The fourth-order valence-corrected chi connectivity index (χ4v) is 2.09. The molecule has 1 heterocycles. The molecule has 0 saturated carbocycles. The third kappa shape index (κ3) is 2.94. The lowest BCUT2D eigenvalue weighted by Gasteiger charge is -2.02. The van der Waals surface area contributed by atoms with E-state index in [1.54, 1.807) is 6.07 Å². The van der Waals surface area contributed by atoms with Crippen LogP contribution in [0.4, 0.5) is 0 Å². The smallest absolute Gasteiger partial charge is 0.143 e. The van der Waals surface area contributed by atoms with Crippen LogP contribution in [0.15, 0.2) is 70.3 Å². The molecule has 0 saturated heterocycles. The summed E-state index contributed by atoms with van der Waals surface area (Å²) in [6, 6.07) is 20.1. The summed E-state index contributed by atoms with van der Waals surface area (Å²) in [5, 5.41) is 7.43. The van der Waals surface area contributed by atoms with Gasteiger partial charge in [0.15, 0.2) is 0 Å². The summed E-state index contributed by atoms with van der Waals surface area (Å²) >= 11 is 0. The molecule has 0 radical (unpaired) electrons. The van der Waals surface area contributed by atoms with E-state index in [-0.39, 0.29) is 6.54 Å². The summed E-state index contributed by atoms with van der Waals surface area (Å²) in [5.74, 6) is 0.551. The molecule has 0 bridgehead atoms. The molecule has 0 aliphatic heterocycles. The van der Waals surface area contributed by atoms with Crippen LogP contribution in [0.3, 0.4) is 0 Å². The fourth-order valence-electron chi connectivity index (χ4n) is 2.09. The van der Waals surface area contributed by atoms with Gasteiger partial charge in [0, 0.05) is 16.5 Å². The van der Waals surface area contributed by atoms with E-state index in [0.717, 1.165) is 16.8 Å². The van der Waals surface area contributed by atoms with Crippen molar-refractivity contribution in [2.45, 2.75) is 6.54 Å². The van der Waals surface area contributed by atoms with E-state index in [1.807, 2.05) is 42.5 Å². The van der Waals surface area contributed by atoms with Gasteiger partial charge >= 0.3 is 0 Å². The number of nitrogens with zero attached hydrogens (tertiary/aromatic N) is 4. The maximum absolute atomic E-state index is 8.29. The predicted octanol–water partition coefficient (Wildman–Crippen LogP) is 4.82. The van der Waals surface area contributed by atoms with Crippen molar-refractivity contribution in [2.75, 3.05) is 0 Å². The van der Waals surface area contributed by atoms with Crippen LogP contribution in [-0.4, -0.2) is 5.16 Å². The zero-order valence-corrected chi connectivity index (χ0v) is 11.2. The van der Waals surface area contributed by atoms with Crippen molar-refractivity contribution in [3.05, 3.63) is 76.9 Å². The Kier molecular flexibility index (Phi) is 3.67. The first-order chi connectivity index (χ1) is 10.4. The van der Waals surface area contributed by atoms with Crippen LogP contribution in [0.25, 0.3) is 32.8 Å². The molecular formula is C16H12N4O. The van der Waals surface area contributed by atoms with Gasteiger partial charge in [0.05, 0.1) is 6.54 Å². The summed E-state index contributed by atoms with van der Waals surface area (Å²) in [7, 11) is 0. The Hall–Kier alpha value is -3.04. The average molecular weight is 276 g/mol. The molecule has 0 aliphatic rings. The summed E-state index contributed by atoms with van der Waals surface area (Å²) in [4.78, 5) is 2.70. The molecule has 5 heteroatoms. The highest BCUT2D eigenvalue weighted by Gasteiger charge is 2.06. The zero-order chi connectivity index (χ0) is 14.5. The largest absolute Gasteiger partial charge is 0.361 e. The van der Waals surface area contributed by atoms with Gasteiger partial charge in [0.25, 0.3) is 0 Å². The molecule has 21 heavy (non-hydrogen) atoms. The summed E-state index contributed by atoms with van der Waals surface area (Å²) < 4.78 is 5.12. The monoisotopic (exact) mass is 276 g/mol. The molecule has 0 atom stereocenters. The minimum Gasteiger partial charge on any atom is -0.361 e. The van der Waals surface area contributed by atoms with E-state index in [0.29, 0.717) is 5.76 Å². The van der Waals surface area contributed by atoms with Gasteiger partial charge in [0.2, 0.25) is 0 Å². The molecular weight excluding hydrogens is 264 g/mol. The Morgan fingerprint density at radius 1 is 0.952 bits per heavy atom. The van der Waals surface area contributed by atoms with Gasteiger partial charge in [0.1, 0.15) is 11.5 Å². The van der Waals surface area contributed by atoms with Gasteiger partial charge < -0.3 is 4.52 Å². The molecule has 0 spiro atoms.